The van der Waals surface area contributed by atoms with E-state index in [0.717, 1.165) is 6.42 Å². The van der Waals surface area contributed by atoms with Gasteiger partial charge in [0.1, 0.15) is 0 Å². The molecule has 1 aliphatic carbocycles. The second-order valence-corrected chi connectivity index (χ2v) is 5.43. The van der Waals surface area contributed by atoms with Gasteiger partial charge in [-0.2, -0.15) is 5.26 Å². The summed E-state index contributed by atoms with van der Waals surface area (Å²) in [6.45, 7) is 2.41. The lowest BCUT2D eigenvalue weighted by molar-refractivity contribution is 0.0984. The highest BCUT2D eigenvalue weighted by atomic mass is 15.2. The van der Waals surface area contributed by atoms with E-state index in [1.165, 1.54) is 38.8 Å². The topological polar surface area (TPSA) is 30.3 Å². The molecule has 2 aliphatic rings. The lowest BCUT2D eigenvalue weighted by Crippen LogP contribution is -2.47. The van der Waals surface area contributed by atoms with Crippen LogP contribution in [0.15, 0.2) is 0 Å². The zero-order valence-corrected chi connectivity index (χ0v) is 10.5. The van der Waals surface area contributed by atoms with E-state index in [2.05, 4.69) is 30.0 Å². The average Bonchev–Trinajstić information content (AvgIpc) is 2.77. The van der Waals surface area contributed by atoms with Crippen LogP contribution in [0.5, 0.6) is 0 Å². The summed E-state index contributed by atoms with van der Waals surface area (Å²) in [7, 11) is 4.43. The van der Waals surface area contributed by atoms with E-state index in [4.69, 9.17) is 5.26 Å². The Morgan fingerprint density at radius 3 is 2.50 bits per heavy atom. The smallest absolute Gasteiger partial charge is 0.0672 e. The van der Waals surface area contributed by atoms with Crippen molar-refractivity contribution in [2.24, 2.45) is 5.92 Å². The standard InChI is InChI=1S/C13H23N3/c1-15-8-6-12(7-9-15)16(2)13-5-3-4-11(13)10-14/h11-13H,3-9H2,1-2H3. The van der Waals surface area contributed by atoms with Crippen LogP contribution >= 0.6 is 0 Å². The SMILES string of the molecule is CN1CCC(N(C)C2CCCC2C#N)CC1. The lowest BCUT2D eigenvalue weighted by Gasteiger charge is -2.39. The molecule has 1 saturated heterocycles. The highest BCUT2D eigenvalue weighted by Gasteiger charge is 2.34. The van der Waals surface area contributed by atoms with Crippen LogP contribution in [0.3, 0.4) is 0 Å². The molecule has 3 heteroatoms. The molecule has 0 N–H and O–H groups in total. The van der Waals surface area contributed by atoms with Crippen molar-refractivity contribution in [1.29, 1.82) is 5.26 Å². The Bertz CT molecular complexity index is 263. The van der Waals surface area contributed by atoms with E-state index >= 15 is 0 Å². The fraction of sp³-hybridized carbons (Fsp3) is 0.923. The number of likely N-dealkylation sites (tertiary alicyclic amines) is 1. The van der Waals surface area contributed by atoms with E-state index in [1.54, 1.807) is 0 Å². The van der Waals surface area contributed by atoms with Gasteiger partial charge in [-0.3, -0.25) is 4.90 Å². The summed E-state index contributed by atoms with van der Waals surface area (Å²) in [5.41, 5.74) is 0. The zero-order chi connectivity index (χ0) is 11.5. The Morgan fingerprint density at radius 2 is 1.88 bits per heavy atom. The van der Waals surface area contributed by atoms with Crippen molar-refractivity contribution in [2.45, 2.75) is 44.2 Å². The van der Waals surface area contributed by atoms with Crippen molar-refractivity contribution in [1.82, 2.24) is 9.80 Å². The van der Waals surface area contributed by atoms with Gasteiger partial charge in [0.15, 0.2) is 0 Å². The fourth-order valence-electron chi connectivity index (χ4n) is 3.25. The molecule has 90 valence electrons. The summed E-state index contributed by atoms with van der Waals surface area (Å²) in [6, 6.07) is 3.72. The van der Waals surface area contributed by atoms with E-state index in [0.29, 0.717) is 12.1 Å². The van der Waals surface area contributed by atoms with Crippen LogP contribution in [0.2, 0.25) is 0 Å². The first-order valence-electron chi connectivity index (χ1n) is 6.52. The second kappa shape index (κ2) is 5.16. The molecular formula is C13H23N3. The maximum Gasteiger partial charge on any atom is 0.0672 e. The Hall–Kier alpha value is -0.590. The van der Waals surface area contributed by atoms with Gasteiger partial charge in [0.25, 0.3) is 0 Å². The number of nitriles is 1. The Kier molecular flexibility index (Phi) is 3.83. The molecule has 2 atom stereocenters. The highest BCUT2D eigenvalue weighted by molar-refractivity contribution is 4.98. The molecule has 3 nitrogen and oxygen atoms in total. The van der Waals surface area contributed by atoms with Crippen LogP contribution in [-0.4, -0.2) is 49.1 Å². The molecule has 0 spiro atoms. The Balaban J connectivity index is 1.92. The average molecular weight is 221 g/mol. The van der Waals surface area contributed by atoms with Crippen molar-refractivity contribution in [3.8, 4) is 6.07 Å². The van der Waals surface area contributed by atoms with E-state index < -0.39 is 0 Å². The molecule has 2 unspecified atom stereocenters. The molecule has 0 bridgehead atoms. The van der Waals surface area contributed by atoms with Gasteiger partial charge in [-0.05, 0) is 52.9 Å². The van der Waals surface area contributed by atoms with Crippen LogP contribution in [0.4, 0.5) is 0 Å². The van der Waals surface area contributed by atoms with Crippen molar-refractivity contribution in [2.75, 3.05) is 27.2 Å². The van der Waals surface area contributed by atoms with Crippen molar-refractivity contribution in [3.63, 3.8) is 0 Å². The highest BCUT2D eigenvalue weighted by Crippen LogP contribution is 2.31. The maximum absolute atomic E-state index is 9.14. The lowest BCUT2D eigenvalue weighted by atomic mass is 9.98. The van der Waals surface area contributed by atoms with Gasteiger partial charge in [0, 0.05) is 12.1 Å². The van der Waals surface area contributed by atoms with Crippen LogP contribution < -0.4 is 0 Å². The van der Waals surface area contributed by atoms with Gasteiger partial charge in [0.05, 0.1) is 12.0 Å². The largest absolute Gasteiger partial charge is 0.306 e. The number of piperidine rings is 1. The van der Waals surface area contributed by atoms with Crippen molar-refractivity contribution < 1.29 is 0 Å². The first kappa shape index (κ1) is 11.9. The Labute approximate surface area is 99.0 Å². The predicted molar refractivity (Wildman–Crippen MR) is 65.0 cm³/mol. The van der Waals surface area contributed by atoms with Crippen LogP contribution in [0.25, 0.3) is 0 Å². The third-order valence-corrected chi connectivity index (χ3v) is 4.43. The molecule has 0 radical (unpaired) electrons. The molecule has 0 amide bonds. The minimum Gasteiger partial charge on any atom is -0.306 e. The fourth-order valence-corrected chi connectivity index (χ4v) is 3.25. The molecule has 2 rings (SSSR count). The van der Waals surface area contributed by atoms with Gasteiger partial charge in [-0.15, -0.1) is 0 Å². The summed E-state index contributed by atoms with van der Waals surface area (Å²) in [5, 5.41) is 9.14. The van der Waals surface area contributed by atoms with E-state index in [-0.39, 0.29) is 5.92 Å². The molecule has 16 heavy (non-hydrogen) atoms. The molecule has 1 saturated carbocycles. The number of hydrogen-bond acceptors (Lipinski definition) is 3. The minimum atomic E-state index is 0.282. The second-order valence-electron chi connectivity index (χ2n) is 5.43. The van der Waals surface area contributed by atoms with Crippen LogP contribution in [0.1, 0.15) is 32.1 Å². The third kappa shape index (κ3) is 2.39. The summed E-state index contributed by atoms with van der Waals surface area (Å²) >= 11 is 0. The maximum atomic E-state index is 9.14. The zero-order valence-electron chi connectivity index (χ0n) is 10.5. The molecule has 0 aromatic rings. The van der Waals surface area contributed by atoms with Crippen molar-refractivity contribution >= 4 is 0 Å². The monoisotopic (exact) mass is 221 g/mol. The first-order chi connectivity index (χ1) is 7.72. The summed E-state index contributed by atoms with van der Waals surface area (Å²) in [6.07, 6.45) is 6.10. The molecule has 1 heterocycles. The summed E-state index contributed by atoms with van der Waals surface area (Å²) < 4.78 is 0. The van der Waals surface area contributed by atoms with Crippen molar-refractivity contribution in [3.05, 3.63) is 0 Å². The molecule has 0 aromatic carbocycles. The first-order valence-corrected chi connectivity index (χ1v) is 6.52. The van der Waals surface area contributed by atoms with Gasteiger partial charge >= 0.3 is 0 Å². The third-order valence-electron chi connectivity index (χ3n) is 4.43. The molecule has 2 fully saturated rings. The normalized spacial score (nSPS) is 33.1. The van der Waals surface area contributed by atoms with Gasteiger partial charge in [0.2, 0.25) is 0 Å². The number of hydrogen-bond donors (Lipinski definition) is 0. The summed E-state index contributed by atoms with van der Waals surface area (Å²) in [5.74, 6) is 0.282. The Morgan fingerprint density at radius 1 is 1.19 bits per heavy atom. The molecular weight excluding hydrogens is 198 g/mol. The quantitative estimate of drug-likeness (QED) is 0.711. The van der Waals surface area contributed by atoms with Gasteiger partial charge < -0.3 is 4.90 Å². The number of nitrogens with zero attached hydrogens (tertiary/aromatic N) is 3. The van der Waals surface area contributed by atoms with E-state index in [9.17, 15) is 0 Å². The molecule has 1 aliphatic heterocycles. The van der Waals surface area contributed by atoms with Gasteiger partial charge in [-0.25, -0.2) is 0 Å². The van der Waals surface area contributed by atoms with Crippen LogP contribution in [-0.2, 0) is 0 Å². The predicted octanol–water partition coefficient (Wildman–Crippen LogP) is 1.70. The number of rotatable bonds is 2. The summed E-state index contributed by atoms with van der Waals surface area (Å²) in [4.78, 5) is 4.91. The van der Waals surface area contributed by atoms with E-state index in [1.807, 2.05) is 0 Å². The minimum absolute atomic E-state index is 0.282. The van der Waals surface area contributed by atoms with Gasteiger partial charge in [-0.1, -0.05) is 6.42 Å². The van der Waals surface area contributed by atoms with Crippen LogP contribution in [0, 0.1) is 17.2 Å². The molecule has 0 aromatic heterocycles.